The van der Waals surface area contributed by atoms with Crippen LogP contribution in [-0.2, 0) is 10.8 Å². The third-order valence-corrected chi connectivity index (χ3v) is 2.61. The molecule has 0 amide bonds. The van der Waals surface area contributed by atoms with Crippen LogP contribution in [-0.4, -0.2) is 4.21 Å². The lowest BCUT2D eigenvalue weighted by Crippen LogP contribution is -1.84. The topological polar surface area (TPSA) is 17.1 Å². The van der Waals surface area contributed by atoms with E-state index in [4.69, 9.17) is 0 Å². The molecule has 64 valence electrons. The summed E-state index contributed by atoms with van der Waals surface area (Å²) in [6.07, 6.45) is 2.85. The first-order valence-electron chi connectivity index (χ1n) is 3.97. The van der Waals surface area contributed by atoms with Gasteiger partial charge in [0.25, 0.3) is 0 Å². The Morgan fingerprint density at radius 3 is 2.58 bits per heavy atom. The van der Waals surface area contributed by atoms with Gasteiger partial charge in [-0.15, -0.1) is 0 Å². The number of hydrogen-bond donors (Lipinski definition) is 0. The van der Waals surface area contributed by atoms with Crippen molar-refractivity contribution < 1.29 is 4.21 Å². The van der Waals surface area contributed by atoms with Gasteiger partial charge in [-0.3, -0.25) is 0 Å². The number of rotatable bonds is 3. The minimum absolute atomic E-state index is 0.863. The first kappa shape index (κ1) is 9.20. The van der Waals surface area contributed by atoms with Gasteiger partial charge in [-0.2, -0.15) is 0 Å². The summed E-state index contributed by atoms with van der Waals surface area (Å²) >= 11 is 0. The molecular formula is C10H12OS. The van der Waals surface area contributed by atoms with Crippen molar-refractivity contribution in [1.82, 2.24) is 0 Å². The molecule has 0 bridgehead atoms. The van der Waals surface area contributed by atoms with E-state index in [9.17, 15) is 4.21 Å². The quantitative estimate of drug-likeness (QED) is 0.699. The Kier molecular flexibility index (Phi) is 3.74. The predicted molar refractivity (Wildman–Crippen MR) is 52.3 cm³/mol. The van der Waals surface area contributed by atoms with E-state index >= 15 is 0 Å². The van der Waals surface area contributed by atoms with Crippen LogP contribution in [0.4, 0.5) is 0 Å². The molecule has 1 aromatic rings. The maximum Gasteiger partial charge on any atom is 0.0772 e. The average Bonchev–Trinajstić information content (AvgIpc) is 2.15. The fraction of sp³-hybridized carbons (Fsp3) is 0.200. The number of allylic oxidation sites excluding steroid dienone is 1. The van der Waals surface area contributed by atoms with E-state index in [1.165, 1.54) is 0 Å². The van der Waals surface area contributed by atoms with Crippen molar-refractivity contribution in [2.75, 3.05) is 0 Å². The Morgan fingerprint density at radius 2 is 2.00 bits per heavy atom. The van der Waals surface area contributed by atoms with Crippen LogP contribution >= 0.6 is 0 Å². The van der Waals surface area contributed by atoms with Crippen molar-refractivity contribution in [3.63, 3.8) is 0 Å². The van der Waals surface area contributed by atoms with E-state index in [0.29, 0.717) is 0 Å². The molecule has 0 N–H and O–H groups in total. The lowest BCUT2D eigenvalue weighted by molar-refractivity contribution is 0.688. The van der Waals surface area contributed by atoms with Crippen LogP contribution in [0.25, 0.3) is 0 Å². The maximum atomic E-state index is 11.4. The van der Waals surface area contributed by atoms with Gasteiger partial charge in [-0.05, 0) is 18.6 Å². The van der Waals surface area contributed by atoms with Crippen molar-refractivity contribution >= 4 is 10.8 Å². The minimum atomic E-state index is -0.964. The SMILES string of the molecule is CC/C=C/[S@@](=O)c1ccccc1. The second-order valence-electron chi connectivity index (χ2n) is 2.39. The molecule has 2 heteroatoms. The molecule has 0 aliphatic carbocycles. The maximum absolute atomic E-state index is 11.4. The van der Waals surface area contributed by atoms with Crippen LogP contribution in [0.3, 0.4) is 0 Å². The van der Waals surface area contributed by atoms with Gasteiger partial charge in [0.05, 0.1) is 10.8 Å². The van der Waals surface area contributed by atoms with Crippen molar-refractivity contribution in [3.8, 4) is 0 Å². The van der Waals surface area contributed by atoms with Crippen molar-refractivity contribution in [2.24, 2.45) is 0 Å². The first-order chi connectivity index (χ1) is 5.84. The van der Waals surface area contributed by atoms with E-state index in [1.807, 2.05) is 43.3 Å². The van der Waals surface area contributed by atoms with Crippen LogP contribution in [0.15, 0.2) is 46.7 Å². The van der Waals surface area contributed by atoms with Crippen LogP contribution in [0, 0.1) is 0 Å². The van der Waals surface area contributed by atoms with Crippen LogP contribution in [0.2, 0.25) is 0 Å². The molecule has 0 heterocycles. The molecular weight excluding hydrogens is 168 g/mol. The Balaban J connectivity index is 2.72. The van der Waals surface area contributed by atoms with E-state index in [0.717, 1.165) is 11.3 Å². The highest BCUT2D eigenvalue weighted by Crippen LogP contribution is 2.06. The predicted octanol–water partition coefficient (Wildman–Crippen LogP) is 2.72. The summed E-state index contributed by atoms with van der Waals surface area (Å²) < 4.78 is 11.4. The fourth-order valence-corrected chi connectivity index (χ4v) is 1.77. The average molecular weight is 180 g/mol. The van der Waals surface area contributed by atoms with Crippen molar-refractivity contribution in [1.29, 1.82) is 0 Å². The summed E-state index contributed by atoms with van der Waals surface area (Å²) in [6, 6.07) is 9.45. The molecule has 0 aromatic heterocycles. The second-order valence-corrected chi connectivity index (χ2v) is 3.73. The number of hydrogen-bond acceptors (Lipinski definition) is 1. The van der Waals surface area contributed by atoms with Gasteiger partial charge >= 0.3 is 0 Å². The molecule has 0 aliphatic heterocycles. The molecule has 0 radical (unpaired) electrons. The summed E-state index contributed by atoms with van der Waals surface area (Å²) in [5.74, 6) is 0. The molecule has 0 aliphatic rings. The Bertz CT molecular complexity index is 277. The summed E-state index contributed by atoms with van der Waals surface area (Å²) in [5, 5.41) is 1.73. The number of benzene rings is 1. The third kappa shape index (κ3) is 2.62. The highest BCUT2D eigenvalue weighted by molar-refractivity contribution is 7.88. The highest BCUT2D eigenvalue weighted by Gasteiger charge is 1.95. The Labute approximate surface area is 75.6 Å². The van der Waals surface area contributed by atoms with Gasteiger partial charge in [0.15, 0.2) is 0 Å². The second kappa shape index (κ2) is 4.88. The molecule has 1 aromatic carbocycles. The first-order valence-corrected chi connectivity index (χ1v) is 5.18. The summed E-state index contributed by atoms with van der Waals surface area (Å²) in [6.45, 7) is 2.03. The molecule has 12 heavy (non-hydrogen) atoms. The summed E-state index contributed by atoms with van der Waals surface area (Å²) in [7, 11) is -0.964. The summed E-state index contributed by atoms with van der Waals surface area (Å²) in [5.41, 5.74) is 0. The molecule has 1 atom stereocenters. The molecule has 0 spiro atoms. The monoisotopic (exact) mass is 180 g/mol. The zero-order chi connectivity index (χ0) is 8.81. The molecule has 0 saturated heterocycles. The minimum Gasteiger partial charge on any atom is -0.250 e. The largest absolute Gasteiger partial charge is 0.250 e. The molecule has 0 unspecified atom stereocenters. The van der Waals surface area contributed by atoms with E-state index < -0.39 is 10.8 Å². The zero-order valence-corrected chi connectivity index (χ0v) is 7.88. The van der Waals surface area contributed by atoms with Crippen LogP contribution in [0.1, 0.15) is 13.3 Å². The van der Waals surface area contributed by atoms with E-state index in [-0.39, 0.29) is 0 Å². The lowest BCUT2D eigenvalue weighted by atomic mass is 10.4. The van der Waals surface area contributed by atoms with Crippen LogP contribution in [0.5, 0.6) is 0 Å². The van der Waals surface area contributed by atoms with Gasteiger partial charge < -0.3 is 0 Å². The van der Waals surface area contributed by atoms with Crippen molar-refractivity contribution in [2.45, 2.75) is 18.2 Å². The zero-order valence-electron chi connectivity index (χ0n) is 7.07. The van der Waals surface area contributed by atoms with Crippen LogP contribution < -0.4 is 0 Å². The standard InChI is InChI=1S/C10H12OS/c1-2-3-9-12(11)10-7-5-4-6-8-10/h3-9H,2H2,1H3/b9-3+/t12-/m1/s1. The highest BCUT2D eigenvalue weighted by atomic mass is 32.2. The third-order valence-electron chi connectivity index (χ3n) is 1.43. The van der Waals surface area contributed by atoms with Gasteiger partial charge in [0.2, 0.25) is 0 Å². The van der Waals surface area contributed by atoms with E-state index in [1.54, 1.807) is 5.41 Å². The smallest absolute Gasteiger partial charge is 0.0772 e. The van der Waals surface area contributed by atoms with Gasteiger partial charge in [0.1, 0.15) is 0 Å². The molecule has 0 fully saturated rings. The molecule has 1 rings (SSSR count). The Morgan fingerprint density at radius 1 is 1.33 bits per heavy atom. The van der Waals surface area contributed by atoms with Crippen molar-refractivity contribution in [3.05, 3.63) is 41.8 Å². The van der Waals surface area contributed by atoms with Gasteiger partial charge in [0, 0.05) is 10.3 Å². The molecule has 0 saturated carbocycles. The van der Waals surface area contributed by atoms with Gasteiger partial charge in [-0.25, -0.2) is 4.21 Å². The normalized spacial score (nSPS) is 13.4. The molecule has 1 nitrogen and oxygen atoms in total. The van der Waals surface area contributed by atoms with Gasteiger partial charge in [-0.1, -0.05) is 31.2 Å². The van der Waals surface area contributed by atoms with E-state index in [2.05, 4.69) is 0 Å². The fourth-order valence-electron chi connectivity index (χ4n) is 0.817. The Hall–Kier alpha value is -0.890. The summed E-state index contributed by atoms with van der Waals surface area (Å²) in [4.78, 5) is 0.863. The lowest BCUT2D eigenvalue weighted by Gasteiger charge is -1.93.